The van der Waals surface area contributed by atoms with Crippen LogP contribution in [0.3, 0.4) is 0 Å². The van der Waals surface area contributed by atoms with Crippen LogP contribution < -0.4 is 0 Å². The molecule has 3 heterocycles. The highest BCUT2D eigenvalue weighted by Crippen LogP contribution is 2.35. The number of amides is 1. The molecule has 1 aromatic carbocycles. The Hall–Kier alpha value is -2.14. The summed E-state index contributed by atoms with van der Waals surface area (Å²) in [6.07, 6.45) is 6.31. The Kier molecular flexibility index (Phi) is 4.81. The van der Waals surface area contributed by atoms with Crippen LogP contribution in [0.2, 0.25) is 0 Å². The molecule has 0 bridgehead atoms. The maximum Gasteiger partial charge on any atom is 0.271 e. The fourth-order valence-corrected chi connectivity index (χ4v) is 4.18. The van der Waals surface area contributed by atoms with E-state index < -0.39 is 0 Å². The highest BCUT2D eigenvalue weighted by molar-refractivity contribution is 5.93. The zero-order valence-electron chi connectivity index (χ0n) is 15.5. The monoisotopic (exact) mass is 353 g/mol. The second-order valence-corrected chi connectivity index (χ2v) is 7.50. The van der Waals surface area contributed by atoms with E-state index in [2.05, 4.69) is 41.4 Å². The first kappa shape index (κ1) is 17.3. The number of aryl methyl sites for hydroxylation is 1. The molecule has 0 radical (unpaired) electrons. The number of aromatic amines is 1. The molecule has 2 aromatic rings. The minimum atomic E-state index is 0.0230. The number of nitrogens with one attached hydrogen (secondary N) is 1. The lowest BCUT2D eigenvalue weighted by Crippen LogP contribution is -2.34. The van der Waals surface area contributed by atoms with Gasteiger partial charge in [0.25, 0.3) is 5.91 Å². The number of carbonyl (C=O) groups is 1. The van der Waals surface area contributed by atoms with Gasteiger partial charge in [-0.1, -0.05) is 31.2 Å². The Balaban J connectivity index is 1.45. The van der Waals surface area contributed by atoms with Gasteiger partial charge in [0.2, 0.25) is 0 Å². The van der Waals surface area contributed by atoms with Crippen LogP contribution in [0.4, 0.5) is 0 Å². The number of nitrogens with zero attached hydrogens (tertiary/aromatic N) is 2. The summed E-state index contributed by atoms with van der Waals surface area (Å²) < 4.78 is 6.02. The third-order valence-corrected chi connectivity index (χ3v) is 5.84. The van der Waals surface area contributed by atoms with E-state index in [1.807, 2.05) is 11.0 Å². The van der Waals surface area contributed by atoms with Crippen molar-refractivity contribution in [1.82, 2.24) is 15.1 Å². The Morgan fingerprint density at radius 1 is 1.19 bits per heavy atom. The number of benzene rings is 1. The van der Waals surface area contributed by atoms with E-state index in [-0.39, 0.29) is 11.5 Å². The Morgan fingerprint density at radius 3 is 2.73 bits per heavy atom. The Labute approximate surface area is 154 Å². The molecule has 138 valence electrons. The lowest BCUT2D eigenvalue weighted by atomic mass is 9.92. The summed E-state index contributed by atoms with van der Waals surface area (Å²) in [5.41, 5.74) is 3.75. The normalized spacial score (nSPS) is 23.3. The minimum absolute atomic E-state index is 0.0230. The van der Waals surface area contributed by atoms with Gasteiger partial charge in [-0.05, 0) is 50.2 Å². The fourth-order valence-electron chi connectivity index (χ4n) is 4.18. The first-order valence-electron chi connectivity index (χ1n) is 9.77. The molecule has 2 fully saturated rings. The molecule has 1 N–H and O–H groups in total. The zero-order valence-corrected chi connectivity index (χ0v) is 15.5. The second-order valence-electron chi connectivity index (χ2n) is 7.50. The average Bonchev–Trinajstić information content (AvgIpc) is 3.29. The molecule has 2 aliphatic heterocycles. The van der Waals surface area contributed by atoms with Gasteiger partial charge in [-0.2, -0.15) is 5.10 Å². The van der Waals surface area contributed by atoms with Gasteiger partial charge in [0, 0.05) is 25.3 Å². The number of aromatic nitrogens is 2. The lowest BCUT2D eigenvalue weighted by Gasteiger charge is -2.26. The third-order valence-electron chi connectivity index (χ3n) is 5.84. The van der Waals surface area contributed by atoms with Crippen molar-refractivity contribution in [2.45, 2.75) is 51.0 Å². The largest absolute Gasteiger partial charge is 0.375 e. The summed E-state index contributed by atoms with van der Waals surface area (Å²) in [6, 6.07) is 10.2. The molecule has 4 rings (SSSR count). The highest BCUT2D eigenvalue weighted by atomic mass is 16.5. The van der Waals surface area contributed by atoms with Crippen LogP contribution in [0.15, 0.2) is 30.3 Å². The summed E-state index contributed by atoms with van der Waals surface area (Å²) >= 11 is 0. The molecule has 5 heteroatoms. The van der Waals surface area contributed by atoms with Crippen molar-refractivity contribution in [3.63, 3.8) is 0 Å². The number of hydrogen-bond donors (Lipinski definition) is 1. The van der Waals surface area contributed by atoms with Crippen molar-refractivity contribution in [3.8, 4) is 11.3 Å². The topological polar surface area (TPSA) is 58.2 Å². The molecule has 26 heavy (non-hydrogen) atoms. The third kappa shape index (κ3) is 3.40. The first-order chi connectivity index (χ1) is 12.7. The van der Waals surface area contributed by atoms with Crippen molar-refractivity contribution >= 4 is 5.91 Å². The molecule has 2 aliphatic rings. The molecule has 1 aromatic heterocycles. The van der Waals surface area contributed by atoms with E-state index in [0.29, 0.717) is 5.69 Å². The van der Waals surface area contributed by atoms with Gasteiger partial charge in [0.1, 0.15) is 5.69 Å². The number of ether oxygens (including phenoxy) is 1. The van der Waals surface area contributed by atoms with Gasteiger partial charge in [-0.3, -0.25) is 9.89 Å². The Bertz CT molecular complexity index is 760. The van der Waals surface area contributed by atoms with Crippen molar-refractivity contribution < 1.29 is 9.53 Å². The minimum Gasteiger partial charge on any atom is -0.375 e. The van der Waals surface area contributed by atoms with Crippen LogP contribution in [0.5, 0.6) is 0 Å². The number of H-pyrrole nitrogens is 1. The first-order valence-corrected chi connectivity index (χ1v) is 9.77. The predicted molar refractivity (Wildman–Crippen MR) is 101 cm³/mol. The van der Waals surface area contributed by atoms with Gasteiger partial charge >= 0.3 is 0 Å². The molecular weight excluding hydrogens is 326 g/mol. The van der Waals surface area contributed by atoms with Crippen molar-refractivity contribution in [3.05, 3.63) is 41.6 Å². The van der Waals surface area contributed by atoms with Gasteiger partial charge in [0.05, 0.1) is 11.3 Å². The lowest BCUT2D eigenvalue weighted by molar-refractivity contribution is -0.00693. The molecular formula is C21H27N3O2. The number of carbonyl (C=O) groups excluding carboxylic acids is 1. The van der Waals surface area contributed by atoms with Crippen LogP contribution in [0, 0.1) is 0 Å². The second kappa shape index (κ2) is 7.23. The van der Waals surface area contributed by atoms with E-state index in [4.69, 9.17) is 4.74 Å². The Morgan fingerprint density at radius 2 is 2.00 bits per heavy atom. The molecule has 1 unspecified atom stereocenters. The van der Waals surface area contributed by atoms with E-state index in [1.54, 1.807) is 0 Å². The van der Waals surface area contributed by atoms with E-state index in [0.717, 1.165) is 69.5 Å². The molecule has 5 nitrogen and oxygen atoms in total. The van der Waals surface area contributed by atoms with Gasteiger partial charge in [-0.25, -0.2) is 0 Å². The average molecular weight is 353 g/mol. The summed E-state index contributed by atoms with van der Waals surface area (Å²) in [6.45, 7) is 4.57. The van der Waals surface area contributed by atoms with Crippen LogP contribution in [-0.2, 0) is 11.2 Å². The summed E-state index contributed by atoms with van der Waals surface area (Å²) in [4.78, 5) is 14.9. The molecule has 1 atom stereocenters. The summed E-state index contributed by atoms with van der Waals surface area (Å²) in [5.74, 6) is 0.0453. The molecule has 0 saturated carbocycles. The van der Waals surface area contributed by atoms with Crippen LogP contribution >= 0.6 is 0 Å². The maximum absolute atomic E-state index is 12.9. The van der Waals surface area contributed by atoms with Crippen molar-refractivity contribution in [2.24, 2.45) is 0 Å². The molecule has 1 spiro atoms. The van der Waals surface area contributed by atoms with Crippen LogP contribution in [-0.4, -0.2) is 46.3 Å². The van der Waals surface area contributed by atoms with Crippen molar-refractivity contribution in [1.29, 1.82) is 0 Å². The van der Waals surface area contributed by atoms with Crippen LogP contribution in [0.1, 0.15) is 55.1 Å². The summed E-state index contributed by atoms with van der Waals surface area (Å²) in [7, 11) is 0. The van der Waals surface area contributed by atoms with Crippen LogP contribution in [0.25, 0.3) is 11.3 Å². The van der Waals surface area contributed by atoms with E-state index in [9.17, 15) is 4.79 Å². The number of hydrogen-bond acceptors (Lipinski definition) is 3. The number of rotatable bonds is 3. The zero-order chi connectivity index (χ0) is 18.0. The molecule has 0 aliphatic carbocycles. The fraction of sp³-hybridized carbons (Fsp3) is 0.524. The highest BCUT2D eigenvalue weighted by Gasteiger charge is 2.37. The van der Waals surface area contributed by atoms with Gasteiger partial charge < -0.3 is 9.64 Å². The van der Waals surface area contributed by atoms with E-state index in [1.165, 1.54) is 5.56 Å². The van der Waals surface area contributed by atoms with Gasteiger partial charge in [-0.15, -0.1) is 0 Å². The number of likely N-dealkylation sites (tertiary alicyclic amines) is 1. The smallest absolute Gasteiger partial charge is 0.271 e. The standard InChI is InChI=1S/C21H27N3O2/c1-2-16-5-7-17(8-6-16)18-15-19(23-22-18)20(25)24-12-3-9-21(11-13-24)10-4-14-26-21/h5-8,15H,2-4,9-14H2,1H3,(H,22,23). The van der Waals surface area contributed by atoms with E-state index >= 15 is 0 Å². The maximum atomic E-state index is 12.9. The van der Waals surface area contributed by atoms with Crippen molar-refractivity contribution in [2.75, 3.05) is 19.7 Å². The quantitative estimate of drug-likeness (QED) is 0.913. The summed E-state index contributed by atoms with van der Waals surface area (Å²) in [5, 5.41) is 7.29. The molecule has 2 saturated heterocycles. The van der Waals surface area contributed by atoms with Gasteiger partial charge in [0.15, 0.2) is 0 Å². The predicted octanol–water partition coefficient (Wildman–Crippen LogP) is 3.81. The molecule has 1 amide bonds. The SMILES string of the molecule is CCc1ccc(-c2cc(C(=O)N3CCCC4(CCCO4)CC3)[nH]n2)cc1.